The second kappa shape index (κ2) is 6.11. The van der Waals surface area contributed by atoms with Crippen molar-refractivity contribution >= 4 is 11.7 Å². The van der Waals surface area contributed by atoms with Gasteiger partial charge in [0.1, 0.15) is 0 Å². The summed E-state index contributed by atoms with van der Waals surface area (Å²) in [5.74, 6) is 0.545. The lowest BCUT2D eigenvalue weighted by Gasteiger charge is -2.03. The van der Waals surface area contributed by atoms with Crippen LogP contribution in [0.3, 0.4) is 0 Å². The fraction of sp³-hybridized carbons (Fsp3) is 0.545. The van der Waals surface area contributed by atoms with Crippen LogP contribution in [0.2, 0.25) is 0 Å². The van der Waals surface area contributed by atoms with Gasteiger partial charge < -0.3 is 5.32 Å². The van der Waals surface area contributed by atoms with Crippen LogP contribution >= 0.6 is 0 Å². The number of hydrogen-bond donors (Lipinski definition) is 1. The molecule has 1 aromatic rings. The molecule has 0 aliphatic rings. The van der Waals surface area contributed by atoms with Gasteiger partial charge in [0.2, 0.25) is 5.91 Å². The lowest BCUT2D eigenvalue weighted by Crippen LogP contribution is -2.12. The zero-order valence-corrected chi connectivity index (χ0v) is 9.29. The van der Waals surface area contributed by atoms with E-state index in [1.165, 1.54) is 0 Å². The maximum atomic E-state index is 11.4. The van der Waals surface area contributed by atoms with E-state index in [1.807, 2.05) is 6.92 Å². The minimum atomic E-state index is 0.0154. The molecule has 4 heteroatoms. The maximum Gasteiger partial charge on any atom is 0.225 e. The third-order valence-electron chi connectivity index (χ3n) is 2.06. The normalized spacial score (nSPS) is 10.0. The van der Waals surface area contributed by atoms with Crippen molar-refractivity contribution < 1.29 is 4.79 Å². The van der Waals surface area contributed by atoms with Gasteiger partial charge in [-0.25, -0.2) is 4.98 Å². The highest BCUT2D eigenvalue weighted by Crippen LogP contribution is 2.04. The first-order valence-electron chi connectivity index (χ1n) is 5.31. The van der Waals surface area contributed by atoms with E-state index in [1.54, 1.807) is 12.4 Å². The second-order valence-corrected chi connectivity index (χ2v) is 3.55. The Morgan fingerprint density at radius 2 is 2.13 bits per heavy atom. The van der Waals surface area contributed by atoms with Crippen LogP contribution in [0, 0.1) is 6.92 Å². The summed E-state index contributed by atoms with van der Waals surface area (Å²) in [7, 11) is 0. The molecule has 0 fully saturated rings. The standard InChI is InChI=1S/C11H17N3O/c1-3-4-5-6-11(15)14-10-8-12-9(2)7-13-10/h7-8H,3-6H2,1-2H3,(H,13,14,15). The first-order chi connectivity index (χ1) is 7.22. The van der Waals surface area contributed by atoms with E-state index < -0.39 is 0 Å². The fourth-order valence-corrected chi connectivity index (χ4v) is 1.20. The van der Waals surface area contributed by atoms with E-state index in [2.05, 4.69) is 22.2 Å². The van der Waals surface area contributed by atoms with Crippen molar-refractivity contribution in [2.45, 2.75) is 39.5 Å². The monoisotopic (exact) mass is 207 g/mol. The summed E-state index contributed by atoms with van der Waals surface area (Å²) in [4.78, 5) is 19.5. The number of carbonyl (C=O) groups is 1. The Hall–Kier alpha value is -1.45. The molecule has 0 saturated carbocycles. The summed E-state index contributed by atoms with van der Waals surface area (Å²) >= 11 is 0. The molecule has 0 atom stereocenters. The summed E-state index contributed by atoms with van der Waals surface area (Å²) in [5, 5.41) is 2.72. The summed E-state index contributed by atoms with van der Waals surface area (Å²) in [6.45, 7) is 3.98. The number of nitrogens with zero attached hydrogens (tertiary/aromatic N) is 2. The highest BCUT2D eigenvalue weighted by atomic mass is 16.1. The number of anilines is 1. The summed E-state index contributed by atoms with van der Waals surface area (Å²) < 4.78 is 0. The third kappa shape index (κ3) is 4.54. The van der Waals surface area contributed by atoms with Crippen LogP contribution in [0.25, 0.3) is 0 Å². The van der Waals surface area contributed by atoms with Crippen molar-refractivity contribution in [1.29, 1.82) is 0 Å². The van der Waals surface area contributed by atoms with Crippen LogP contribution in [-0.4, -0.2) is 15.9 Å². The molecule has 0 unspecified atom stereocenters. The van der Waals surface area contributed by atoms with Crippen LogP contribution in [0.5, 0.6) is 0 Å². The van der Waals surface area contributed by atoms with Crippen LogP contribution in [0.15, 0.2) is 12.4 Å². The number of amides is 1. The predicted octanol–water partition coefficient (Wildman–Crippen LogP) is 2.30. The van der Waals surface area contributed by atoms with Crippen LogP contribution in [0.1, 0.15) is 38.3 Å². The molecular formula is C11H17N3O. The van der Waals surface area contributed by atoms with Gasteiger partial charge >= 0.3 is 0 Å². The number of aryl methyl sites for hydroxylation is 1. The molecule has 0 aliphatic carbocycles. The first kappa shape index (κ1) is 11.6. The molecule has 1 heterocycles. The molecule has 4 nitrogen and oxygen atoms in total. The number of nitrogens with one attached hydrogen (secondary N) is 1. The molecule has 0 saturated heterocycles. The van der Waals surface area contributed by atoms with Gasteiger partial charge in [0.05, 0.1) is 18.1 Å². The van der Waals surface area contributed by atoms with Crippen molar-refractivity contribution in [3.63, 3.8) is 0 Å². The molecular weight excluding hydrogens is 190 g/mol. The maximum absolute atomic E-state index is 11.4. The number of unbranched alkanes of at least 4 members (excludes halogenated alkanes) is 2. The molecule has 1 rings (SSSR count). The minimum absolute atomic E-state index is 0.0154. The summed E-state index contributed by atoms with van der Waals surface area (Å²) in [6, 6.07) is 0. The Morgan fingerprint density at radius 1 is 1.33 bits per heavy atom. The van der Waals surface area contributed by atoms with Gasteiger partial charge in [-0.15, -0.1) is 0 Å². The lowest BCUT2D eigenvalue weighted by atomic mass is 10.2. The molecule has 0 radical (unpaired) electrons. The van der Waals surface area contributed by atoms with Crippen molar-refractivity contribution in [2.75, 3.05) is 5.32 Å². The third-order valence-corrected chi connectivity index (χ3v) is 2.06. The quantitative estimate of drug-likeness (QED) is 0.754. The Kier molecular flexibility index (Phi) is 4.74. The lowest BCUT2D eigenvalue weighted by molar-refractivity contribution is -0.116. The van der Waals surface area contributed by atoms with E-state index >= 15 is 0 Å². The molecule has 0 bridgehead atoms. The number of carbonyl (C=O) groups excluding carboxylic acids is 1. The zero-order valence-electron chi connectivity index (χ0n) is 9.29. The Bertz CT molecular complexity index is 308. The molecule has 82 valence electrons. The van der Waals surface area contributed by atoms with Gasteiger partial charge in [0.25, 0.3) is 0 Å². The molecule has 0 aromatic carbocycles. The van der Waals surface area contributed by atoms with Gasteiger partial charge in [0.15, 0.2) is 5.82 Å². The van der Waals surface area contributed by atoms with Gasteiger partial charge in [-0.2, -0.15) is 0 Å². The molecule has 1 aromatic heterocycles. The van der Waals surface area contributed by atoms with E-state index in [4.69, 9.17) is 0 Å². The van der Waals surface area contributed by atoms with Crippen LogP contribution in [-0.2, 0) is 4.79 Å². The number of hydrogen-bond acceptors (Lipinski definition) is 3. The van der Waals surface area contributed by atoms with E-state index in [-0.39, 0.29) is 5.91 Å². The number of aromatic nitrogens is 2. The van der Waals surface area contributed by atoms with Crippen LogP contribution < -0.4 is 5.32 Å². The van der Waals surface area contributed by atoms with Crippen molar-refractivity contribution in [3.8, 4) is 0 Å². The average Bonchev–Trinajstić information content (AvgIpc) is 2.22. The van der Waals surface area contributed by atoms with Crippen molar-refractivity contribution in [1.82, 2.24) is 9.97 Å². The van der Waals surface area contributed by atoms with E-state index in [0.29, 0.717) is 12.2 Å². The van der Waals surface area contributed by atoms with E-state index in [0.717, 1.165) is 25.0 Å². The van der Waals surface area contributed by atoms with Gasteiger partial charge in [-0.05, 0) is 13.3 Å². The first-order valence-corrected chi connectivity index (χ1v) is 5.31. The summed E-state index contributed by atoms with van der Waals surface area (Å²) in [5.41, 5.74) is 0.846. The number of rotatable bonds is 5. The van der Waals surface area contributed by atoms with Crippen molar-refractivity contribution in [3.05, 3.63) is 18.1 Å². The molecule has 0 aliphatic heterocycles. The Morgan fingerprint density at radius 3 is 2.73 bits per heavy atom. The smallest absolute Gasteiger partial charge is 0.225 e. The minimum Gasteiger partial charge on any atom is -0.309 e. The van der Waals surface area contributed by atoms with Gasteiger partial charge in [-0.3, -0.25) is 9.78 Å². The van der Waals surface area contributed by atoms with Gasteiger partial charge in [-0.1, -0.05) is 19.8 Å². The molecule has 0 spiro atoms. The second-order valence-electron chi connectivity index (χ2n) is 3.55. The molecule has 1 N–H and O–H groups in total. The molecule has 15 heavy (non-hydrogen) atoms. The topological polar surface area (TPSA) is 54.9 Å². The van der Waals surface area contributed by atoms with Gasteiger partial charge in [0, 0.05) is 6.42 Å². The Labute approximate surface area is 90.1 Å². The van der Waals surface area contributed by atoms with Crippen LogP contribution in [0.4, 0.5) is 5.82 Å². The fourth-order valence-electron chi connectivity index (χ4n) is 1.20. The average molecular weight is 207 g/mol. The zero-order chi connectivity index (χ0) is 11.1. The van der Waals surface area contributed by atoms with Crippen molar-refractivity contribution in [2.24, 2.45) is 0 Å². The highest BCUT2D eigenvalue weighted by molar-refractivity contribution is 5.89. The Balaban J connectivity index is 2.34. The highest BCUT2D eigenvalue weighted by Gasteiger charge is 2.02. The SMILES string of the molecule is CCCCCC(=O)Nc1cnc(C)cn1. The largest absolute Gasteiger partial charge is 0.309 e. The predicted molar refractivity (Wildman–Crippen MR) is 59.5 cm³/mol. The molecule has 1 amide bonds. The summed E-state index contributed by atoms with van der Waals surface area (Å²) in [6.07, 6.45) is 6.92. The van der Waals surface area contributed by atoms with E-state index in [9.17, 15) is 4.79 Å².